The predicted molar refractivity (Wildman–Crippen MR) is 86.2 cm³/mol. The van der Waals surface area contributed by atoms with Gasteiger partial charge in [0, 0.05) is 6.04 Å². The molecule has 0 aromatic heterocycles. The van der Waals surface area contributed by atoms with Crippen molar-refractivity contribution in [2.45, 2.75) is 32.7 Å². The molecule has 0 aliphatic rings. The minimum absolute atomic E-state index is 0.164. The molecule has 0 fully saturated rings. The van der Waals surface area contributed by atoms with E-state index >= 15 is 0 Å². The van der Waals surface area contributed by atoms with E-state index in [1.54, 1.807) is 7.11 Å². The predicted octanol–water partition coefficient (Wildman–Crippen LogP) is 4.63. The van der Waals surface area contributed by atoms with Crippen molar-refractivity contribution in [2.75, 3.05) is 7.11 Å². The molecule has 2 aromatic rings. The number of ether oxygens (including phenoxy) is 2. The molecule has 3 heteroatoms. The van der Waals surface area contributed by atoms with Gasteiger partial charge in [-0.2, -0.15) is 0 Å². The second-order valence-corrected chi connectivity index (χ2v) is 5.46. The molecular formula is C18H23NO2. The minimum atomic E-state index is -0.164. The summed E-state index contributed by atoms with van der Waals surface area (Å²) in [6.07, 6.45) is 0. The van der Waals surface area contributed by atoms with Gasteiger partial charge < -0.3 is 15.2 Å². The molecule has 0 radical (unpaired) electrons. The van der Waals surface area contributed by atoms with Crippen LogP contribution >= 0.6 is 0 Å². The molecule has 0 aliphatic heterocycles. The number of nitrogens with two attached hydrogens (primary N) is 1. The lowest BCUT2D eigenvalue weighted by Gasteiger charge is -2.19. The van der Waals surface area contributed by atoms with Gasteiger partial charge in [-0.3, -0.25) is 0 Å². The summed E-state index contributed by atoms with van der Waals surface area (Å²) >= 11 is 0. The molecule has 0 saturated heterocycles. The van der Waals surface area contributed by atoms with E-state index in [9.17, 15) is 0 Å². The molecule has 2 aromatic carbocycles. The Labute approximate surface area is 126 Å². The van der Waals surface area contributed by atoms with Gasteiger partial charge >= 0.3 is 0 Å². The van der Waals surface area contributed by atoms with Crippen LogP contribution in [-0.4, -0.2) is 7.11 Å². The van der Waals surface area contributed by atoms with Crippen LogP contribution in [0.5, 0.6) is 17.2 Å². The maximum Gasteiger partial charge on any atom is 0.135 e. The number of rotatable bonds is 5. The third-order valence-electron chi connectivity index (χ3n) is 3.46. The Morgan fingerprint density at radius 2 is 1.48 bits per heavy atom. The molecule has 2 N–H and O–H groups in total. The summed E-state index contributed by atoms with van der Waals surface area (Å²) in [5.74, 6) is 2.76. The van der Waals surface area contributed by atoms with Crippen molar-refractivity contribution in [1.29, 1.82) is 0 Å². The molecule has 0 heterocycles. The molecule has 0 bridgehead atoms. The molecule has 1 atom stereocenters. The zero-order valence-corrected chi connectivity index (χ0v) is 13.1. The van der Waals surface area contributed by atoms with Gasteiger partial charge in [0.15, 0.2) is 0 Å². The van der Waals surface area contributed by atoms with E-state index in [1.165, 1.54) is 5.56 Å². The van der Waals surface area contributed by atoms with E-state index in [1.807, 2.05) is 43.3 Å². The maximum atomic E-state index is 6.15. The van der Waals surface area contributed by atoms with E-state index in [0.717, 1.165) is 22.8 Å². The molecule has 3 nitrogen and oxygen atoms in total. The van der Waals surface area contributed by atoms with Crippen LogP contribution in [0.3, 0.4) is 0 Å². The Hall–Kier alpha value is -2.00. The molecular weight excluding hydrogens is 262 g/mol. The normalized spacial score (nSPS) is 12.3. The Balaban J connectivity index is 2.45. The lowest BCUT2D eigenvalue weighted by molar-refractivity contribution is 0.396. The number of hydrogen-bond donors (Lipinski definition) is 1. The first-order valence-electron chi connectivity index (χ1n) is 7.23. The zero-order chi connectivity index (χ0) is 15.4. The van der Waals surface area contributed by atoms with Crippen LogP contribution in [-0.2, 0) is 0 Å². The number of hydrogen-bond acceptors (Lipinski definition) is 3. The first-order chi connectivity index (χ1) is 10.0. The Kier molecular flexibility index (Phi) is 4.86. The summed E-state index contributed by atoms with van der Waals surface area (Å²) in [6, 6.07) is 13.7. The first-order valence-corrected chi connectivity index (χ1v) is 7.23. The Morgan fingerprint density at radius 3 is 2.10 bits per heavy atom. The summed E-state index contributed by atoms with van der Waals surface area (Å²) in [5.41, 5.74) is 8.15. The standard InChI is InChI=1S/C18H23NO2/c1-12(2)14-8-5-6-9-15(14)21-17-11-7-10-16(20-4)18(17)13(3)19/h5-13H,19H2,1-4H3. The monoisotopic (exact) mass is 285 g/mol. The third kappa shape index (κ3) is 3.37. The van der Waals surface area contributed by atoms with Gasteiger partial charge in [-0.05, 0) is 36.6 Å². The SMILES string of the molecule is COc1cccc(Oc2ccccc2C(C)C)c1C(C)N. The van der Waals surface area contributed by atoms with Crippen molar-refractivity contribution < 1.29 is 9.47 Å². The van der Waals surface area contributed by atoms with Crippen LogP contribution in [0.4, 0.5) is 0 Å². The van der Waals surface area contributed by atoms with E-state index in [2.05, 4.69) is 19.9 Å². The van der Waals surface area contributed by atoms with Gasteiger partial charge in [0.2, 0.25) is 0 Å². The van der Waals surface area contributed by atoms with Gasteiger partial charge in [-0.1, -0.05) is 38.1 Å². The topological polar surface area (TPSA) is 44.5 Å². The average Bonchev–Trinajstić information content (AvgIpc) is 2.47. The number of para-hydroxylation sites is 1. The lowest BCUT2D eigenvalue weighted by Crippen LogP contribution is -2.09. The van der Waals surface area contributed by atoms with E-state index in [4.69, 9.17) is 15.2 Å². The van der Waals surface area contributed by atoms with Gasteiger partial charge in [-0.25, -0.2) is 0 Å². The highest BCUT2D eigenvalue weighted by Crippen LogP contribution is 2.37. The Bertz CT molecular complexity index is 606. The van der Waals surface area contributed by atoms with Gasteiger partial charge in [0.05, 0.1) is 12.7 Å². The van der Waals surface area contributed by atoms with E-state index in [0.29, 0.717) is 5.92 Å². The second kappa shape index (κ2) is 6.64. The molecule has 0 amide bonds. The third-order valence-corrected chi connectivity index (χ3v) is 3.46. The molecule has 1 unspecified atom stereocenters. The molecule has 112 valence electrons. The van der Waals surface area contributed by atoms with Crippen LogP contribution in [0.2, 0.25) is 0 Å². The fourth-order valence-electron chi connectivity index (χ4n) is 2.41. The van der Waals surface area contributed by atoms with Crippen molar-refractivity contribution in [3.05, 3.63) is 53.6 Å². The van der Waals surface area contributed by atoms with Crippen molar-refractivity contribution >= 4 is 0 Å². The van der Waals surface area contributed by atoms with Crippen LogP contribution in [0.25, 0.3) is 0 Å². The largest absolute Gasteiger partial charge is 0.496 e. The van der Waals surface area contributed by atoms with Crippen LogP contribution in [0, 0.1) is 0 Å². The summed E-state index contributed by atoms with van der Waals surface area (Å²) < 4.78 is 11.5. The second-order valence-electron chi connectivity index (χ2n) is 5.46. The molecule has 2 rings (SSSR count). The maximum absolute atomic E-state index is 6.15. The smallest absolute Gasteiger partial charge is 0.135 e. The first kappa shape index (κ1) is 15.4. The van der Waals surface area contributed by atoms with Crippen molar-refractivity contribution in [3.63, 3.8) is 0 Å². The van der Waals surface area contributed by atoms with Crippen molar-refractivity contribution in [2.24, 2.45) is 5.73 Å². The lowest BCUT2D eigenvalue weighted by atomic mass is 10.0. The fourth-order valence-corrected chi connectivity index (χ4v) is 2.41. The molecule has 0 spiro atoms. The highest BCUT2D eigenvalue weighted by Gasteiger charge is 2.16. The average molecular weight is 285 g/mol. The number of methoxy groups -OCH3 is 1. The van der Waals surface area contributed by atoms with Crippen LogP contribution < -0.4 is 15.2 Å². The summed E-state index contributed by atoms with van der Waals surface area (Å²) in [5, 5.41) is 0. The van der Waals surface area contributed by atoms with Crippen molar-refractivity contribution in [3.8, 4) is 17.2 Å². The van der Waals surface area contributed by atoms with Gasteiger partial charge in [0.1, 0.15) is 17.2 Å². The van der Waals surface area contributed by atoms with Crippen LogP contribution in [0.1, 0.15) is 43.9 Å². The Morgan fingerprint density at radius 1 is 0.857 bits per heavy atom. The molecule has 0 aliphatic carbocycles. The van der Waals surface area contributed by atoms with Gasteiger partial charge in [0.25, 0.3) is 0 Å². The van der Waals surface area contributed by atoms with Gasteiger partial charge in [-0.15, -0.1) is 0 Å². The summed E-state index contributed by atoms with van der Waals surface area (Å²) in [4.78, 5) is 0. The van der Waals surface area contributed by atoms with E-state index in [-0.39, 0.29) is 6.04 Å². The highest BCUT2D eigenvalue weighted by molar-refractivity contribution is 5.49. The molecule has 0 saturated carbocycles. The summed E-state index contributed by atoms with van der Waals surface area (Å²) in [6.45, 7) is 6.24. The minimum Gasteiger partial charge on any atom is -0.496 e. The van der Waals surface area contributed by atoms with Crippen molar-refractivity contribution in [1.82, 2.24) is 0 Å². The number of benzene rings is 2. The van der Waals surface area contributed by atoms with Crippen LogP contribution in [0.15, 0.2) is 42.5 Å². The highest BCUT2D eigenvalue weighted by atomic mass is 16.5. The quantitative estimate of drug-likeness (QED) is 0.871. The molecule has 21 heavy (non-hydrogen) atoms. The summed E-state index contributed by atoms with van der Waals surface area (Å²) in [7, 11) is 1.65. The zero-order valence-electron chi connectivity index (χ0n) is 13.1. The van der Waals surface area contributed by atoms with E-state index < -0.39 is 0 Å². The fraction of sp³-hybridized carbons (Fsp3) is 0.333.